The predicted molar refractivity (Wildman–Crippen MR) is 59.4 cm³/mol. The van der Waals surface area contributed by atoms with Crippen LogP contribution in [0, 0.1) is 5.92 Å². The summed E-state index contributed by atoms with van der Waals surface area (Å²) in [5.74, 6) is 0.885. The maximum Gasteiger partial charge on any atom is 0.165 e. The Balaban J connectivity index is 2.47. The number of carbonyl (C=O) groups excluding carboxylic acids is 1. The highest BCUT2D eigenvalue weighted by Gasteiger charge is 2.12. The highest BCUT2D eigenvalue weighted by Crippen LogP contribution is 2.26. The van der Waals surface area contributed by atoms with Crippen LogP contribution in [0.5, 0.6) is 0 Å². The van der Waals surface area contributed by atoms with Gasteiger partial charge >= 0.3 is 0 Å². The first kappa shape index (κ1) is 10.2. The van der Waals surface area contributed by atoms with Crippen molar-refractivity contribution in [2.75, 3.05) is 0 Å². The quantitative estimate of drug-likeness (QED) is 0.558. The summed E-state index contributed by atoms with van der Waals surface area (Å²) in [5.41, 5.74) is 0. The maximum atomic E-state index is 10.9. The van der Waals surface area contributed by atoms with E-state index in [2.05, 4.69) is 28.7 Å². The molecule has 0 amide bonds. The van der Waals surface area contributed by atoms with E-state index in [1.807, 2.05) is 0 Å². The van der Waals surface area contributed by atoms with Crippen molar-refractivity contribution in [3.8, 4) is 0 Å². The Morgan fingerprint density at radius 1 is 1.33 bits per heavy atom. The van der Waals surface area contributed by atoms with Gasteiger partial charge in [-0.15, -0.1) is 0 Å². The average molecular weight is 278 g/mol. The van der Waals surface area contributed by atoms with E-state index in [9.17, 15) is 4.79 Å². The minimum atomic E-state index is 0.209. The molecule has 0 aliphatic heterocycles. The van der Waals surface area contributed by atoms with Crippen LogP contribution in [-0.2, 0) is 4.79 Å². The van der Waals surface area contributed by atoms with Gasteiger partial charge in [-0.25, -0.2) is 0 Å². The molecule has 0 heterocycles. The third-order valence-corrected chi connectivity index (χ3v) is 3.49. The van der Waals surface area contributed by atoms with Gasteiger partial charge in [0.05, 0.1) is 3.58 Å². The molecule has 0 aromatic rings. The number of allylic oxidation sites excluding steroid dienone is 2. The van der Waals surface area contributed by atoms with E-state index in [1.54, 1.807) is 6.92 Å². The Labute approximate surface area is 87.8 Å². The summed E-state index contributed by atoms with van der Waals surface area (Å²) in [6, 6.07) is 0. The van der Waals surface area contributed by atoms with Crippen LogP contribution in [0.1, 0.15) is 39.0 Å². The Hall–Kier alpha value is 0.140. The third kappa shape index (κ3) is 3.25. The fourth-order valence-electron chi connectivity index (χ4n) is 1.63. The van der Waals surface area contributed by atoms with Crippen LogP contribution < -0.4 is 0 Å². The molecule has 0 aromatic heterocycles. The van der Waals surface area contributed by atoms with E-state index >= 15 is 0 Å². The van der Waals surface area contributed by atoms with Gasteiger partial charge in [0.2, 0.25) is 0 Å². The number of hydrogen-bond donors (Lipinski definition) is 0. The van der Waals surface area contributed by atoms with Gasteiger partial charge in [-0.3, -0.25) is 4.79 Å². The molecule has 1 fully saturated rings. The van der Waals surface area contributed by atoms with Gasteiger partial charge in [0.15, 0.2) is 5.78 Å². The molecule has 1 aliphatic carbocycles. The van der Waals surface area contributed by atoms with Crippen molar-refractivity contribution in [3.63, 3.8) is 0 Å². The number of carbonyl (C=O) groups is 1. The van der Waals surface area contributed by atoms with E-state index in [-0.39, 0.29) is 5.78 Å². The van der Waals surface area contributed by atoms with Crippen LogP contribution in [0.4, 0.5) is 0 Å². The van der Waals surface area contributed by atoms with Gasteiger partial charge < -0.3 is 0 Å². The minimum Gasteiger partial charge on any atom is -0.294 e. The second-order valence-electron chi connectivity index (χ2n) is 3.47. The molecule has 1 saturated carbocycles. The number of Topliss-reactive ketones (excluding diaryl/α,β-unsaturated/α-hetero) is 1. The zero-order chi connectivity index (χ0) is 8.97. The van der Waals surface area contributed by atoms with Crippen LogP contribution in [0.3, 0.4) is 0 Å². The number of rotatable bonds is 2. The zero-order valence-corrected chi connectivity index (χ0v) is 9.63. The summed E-state index contributed by atoms with van der Waals surface area (Å²) in [7, 11) is 0. The second kappa shape index (κ2) is 5.00. The molecule has 0 aromatic carbocycles. The monoisotopic (exact) mass is 278 g/mol. The van der Waals surface area contributed by atoms with E-state index in [4.69, 9.17) is 0 Å². The molecule has 1 nitrogen and oxygen atoms in total. The number of ketones is 1. The Morgan fingerprint density at radius 2 is 1.92 bits per heavy atom. The predicted octanol–water partition coefficient (Wildman–Crippen LogP) is 3.47. The molecule has 0 spiro atoms. The fourth-order valence-corrected chi connectivity index (χ4v) is 2.13. The second-order valence-corrected chi connectivity index (χ2v) is 4.63. The Bertz CT molecular complexity index is 190. The molecular formula is C10H15IO. The topological polar surface area (TPSA) is 17.1 Å². The summed E-state index contributed by atoms with van der Waals surface area (Å²) < 4.78 is 0.916. The van der Waals surface area contributed by atoms with Gasteiger partial charge in [-0.05, 0) is 48.3 Å². The summed E-state index contributed by atoms with van der Waals surface area (Å²) in [5, 5.41) is 0. The first-order chi connectivity index (χ1) is 5.70. The van der Waals surface area contributed by atoms with Crippen molar-refractivity contribution in [2.45, 2.75) is 39.0 Å². The molecule has 0 N–H and O–H groups in total. The van der Waals surface area contributed by atoms with E-state index in [1.165, 1.54) is 32.1 Å². The zero-order valence-electron chi connectivity index (χ0n) is 7.48. The largest absolute Gasteiger partial charge is 0.294 e. The van der Waals surface area contributed by atoms with Crippen LogP contribution >= 0.6 is 22.6 Å². The van der Waals surface area contributed by atoms with Crippen LogP contribution in [0.25, 0.3) is 0 Å². The van der Waals surface area contributed by atoms with E-state index in [0.29, 0.717) is 5.92 Å². The maximum absolute atomic E-state index is 10.9. The van der Waals surface area contributed by atoms with Gasteiger partial charge in [0.25, 0.3) is 0 Å². The standard InChI is InChI=1S/C10H15IO/c1-8(12)10(11)7-9-5-3-2-4-6-9/h7,9H,2-6H2,1H3/b10-7-. The minimum absolute atomic E-state index is 0.209. The van der Waals surface area contributed by atoms with Crippen molar-refractivity contribution in [1.82, 2.24) is 0 Å². The first-order valence-electron chi connectivity index (χ1n) is 4.58. The molecule has 12 heavy (non-hydrogen) atoms. The third-order valence-electron chi connectivity index (χ3n) is 2.37. The molecular weight excluding hydrogens is 263 g/mol. The molecule has 0 bridgehead atoms. The fraction of sp³-hybridized carbons (Fsp3) is 0.700. The molecule has 68 valence electrons. The molecule has 0 atom stereocenters. The van der Waals surface area contributed by atoms with Crippen molar-refractivity contribution in [2.24, 2.45) is 5.92 Å². The lowest BCUT2D eigenvalue weighted by atomic mass is 9.89. The van der Waals surface area contributed by atoms with Gasteiger partial charge in [-0.1, -0.05) is 25.3 Å². The average Bonchev–Trinajstić information content (AvgIpc) is 2.06. The molecule has 1 rings (SSSR count). The highest BCUT2D eigenvalue weighted by atomic mass is 127. The van der Waals surface area contributed by atoms with Crippen LogP contribution in [0.2, 0.25) is 0 Å². The van der Waals surface area contributed by atoms with Crippen molar-refractivity contribution < 1.29 is 4.79 Å². The molecule has 1 aliphatic rings. The van der Waals surface area contributed by atoms with Crippen molar-refractivity contribution in [3.05, 3.63) is 9.66 Å². The van der Waals surface area contributed by atoms with E-state index in [0.717, 1.165) is 3.58 Å². The molecule has 0 radical (unpaired) electrons. The van der Waals surface area contributed by atoms with Crippen LogP contribution in [-0.4, -0.2) is 5.78 Å². The van der Waals surface area contributed by atoms with Crippen molar-refractivity contribution in [1.29, 1.82) is 0 Å². The molecule has 2 heteroatoms. The SMILES string of the molecule is CC(=O)/C(I)=C/C1CCCCC1. The smallest absolute Gasteiger partial charge is 0.165 e. The number of halogens is 1. The van der Waals surface area contributed by atoms with Gasteiger partial charge in [0, 0.05) is 0 Å². The molecule has 0 saturated heterocycles. The lowest BCUT2D eigenvalue weighted by molar-refractivity contribution is -0.112. The Kier molecular flexibility index (Phi) is 4.26. The van der Waals surface area contributed by atoms with E-state index < -0.39 is 0 Å². The summed E-state index contributed by atoms with van der Waals surface area (Å²) in [6.45, 7) is 1.64. The van der Waals surface area contributed by atoms with Gasteiger partial charge in [0.1, 0.15) is 0 Å². The summed E-state index contributed by atoms with van der Waals surface area (Å²) in [6.07, 6.45) is 8.76. The number of hydrogen-bond acceptors (Lipinski definition) is 1. The summed E-state index contributed by atoms with van der Waals surface area (Å²) >= 11 is 2.15. The van der Waals surface area contributed by atoms with Gasteiger partial charge in [-0.2, -0.15) is 0 Å². The lowest BCUT2D eigenvalue weighted by Gasteiger charge is -2.18. The highest BCUT2D eigenvalue weighted by molar-refractivity contribution is 14.1. The normalized spacial score (nSPS) is 21.0. The van der Waals surface area contributed by atoms with Crippen molar-refractivity contribution >= 4 is 28.4 Å². The first-order valence-corrected chi connectivity index (χ1v) is 5.66. The van der Waals surface area contributed by atoms with Crippen LogP contribution in [0.15, 0.2) is 9.66 Å². The lowest BCUT2D eigenvalue weighted by Crippen LogP contribution is -2.04. The summed E-state index contributed by atoms with van der Waals surface area (Å²) in [4.78, 5) is 10.9. The molecule has 0 unspecified atom stereocenters. The Morgan fingerprint density at radius 3 is 2.42 bits per heavy atom.